The van der Waals surface area contributed by atoms with Gasteiger partial charge in [-0.05, 0) is 37.0 Å². The number of rotatable bonds is 5. The first kappa shape index (κ1) is 18.6. The van der Waals surface area contributed by atoms with Crippen LogP contribution >= 0.6 is 0 Å². The predicted octanol–water partition coefficient (Wildman–Crippen LogP) is 2.47. The first-order chi connectivity index (χ1) is 13.9. The van der Waals surface area contributed by atoms with E-state index in [9.17, 15) is 18.0 Å². The number of hydrogen-bond donors (Lipinski definition) is 2. The molecule has 5 rings (SSSR count). The molecule has 2 aliphatic heterocycles. The quantitative estimate of drug-likeness (QED) is 0.787. The molecule has 2 amide bonds. The van der Waals surface area contributed by atoms with Crippen molar-refractivity contribution < 1.29 is 18.0 Å². The van der Waals surface area contributed by atoms with Crippen molar-refractivity contribution in [1.82, 2.24) is 9.62 Å². The third-order valence-corrected chi connectivity index (χ3v) is 7.83. The molecule has 152 valence electrons. The third-order valence-electron chi connectivity index (χ3n) is 6.35. The number of sulfonamides is 1. The summed E-state index contributed by atoms with van der Waals surface area (Å²) in [7, 11) is -3.77. The van der Waals surface area contributed by atoms with Crippen LogP contribution in [0.3, 0.4) is 0 Å². The number of carbonyl (C=O) groups excluding carboxylic acids is 2. The maximum Gasteiger partial charge on any atom is 0.256 e. The van der Waals surface area contributed by atoms with E-state index in [1.807, 2.05) is 4.90 Å². The van der Waals surface area contributed by atoms with Crippen molar-refractivity contribution in [2.24, 2.45) is 5.92 Å². The van der Waals surface area contributed by atoms with Gasteiger partial charge in [-0.15, -0.1) is 0 Å². The van der Waals surface area contributed by atoms with Gasteiger partial charge in [-0.2, -0.15) is 0 Å². The van der Waals surface area contributed by atoms with Gasteiger partial charge in [0.15, 0.2) is 0 Å². The number of carbonyl (C=O) groups is 2. The van der Waals surface area contributed by atoms with Gasteiger partial charge in [-0.25, -0.2) is 13.1 Å². The maximum atomic E-state index is 13.0. The Balaban J connectivity index is 1.36. The summed E-state index contributed by atoms with van der Waals surface area (Å²) in [5.74, 6) is -0.0986. The molecule has 8 heteroatoms. The van der Waals surface area contributed by atoms with E-state index in [0.29, 0.717) is 41.0 Å². The number of anilines is 1. The number of amides is 2. The fraction of sp³-hybridized carbons (Fsp3) is 0.429. The largest absolute Gasteiger partial charge is 0.339 e. The van der Waals surface area contributed by atoms with Crippen molar-refractivity contribution in [2.75, 3.05) is 18.4 Å². The first-order valence-corrected chi connectivity index (χ1v) is 11.6. The van der Waals surface area contributed by atoms with Gasteiger partial charge in [0.1, 0.15) is 0 Å². The summed E-state index contributed by atoms with van der Waals surface area (Å²) in [5.41, 5.74) is 1.12. The Hall–Kier alpha value is -2.45. The maximum absolute atomic E-state index is 13.0. The van der Waals surface area contributed by atoms with E-state index in [-0.39, 0.29) is 29.2 Å². The van der Waals surface area contributed by atoms with E-state index in [2.05, 4.69) is 10.0 Å². The Bertz CT molecular complexity index is 1120. The van der Waals surface area contributed by atoms with E-state index < -0.39 is 10.0 Å². The highest BCUT2D eigenvalue weighted by molar-refractivity contribution is 7.89. The summed E-state index contributed by atoms with van der Waals surface area (Å²) < 4.78 is 28.8. The van der Waals surface area contributed by atoms with E-state index in [0.717, 1.165) is 25.7 Å². The lowest BCUT2D eigenvalue weighted by molar-refractivity contribution is -0.129. The van der Waals surface area contributed by atoms with Crippen molar-refractivity contribution in [3.63, 3.8) is 0 Å². The molecule has 0 unspecified atom stereocenters. The minimum atomic E-state index is -3.77. The molecule has 2 aromatic rings. The molecule has 2 fully saturated rings. The average molecular weight is 413 g/mol. The monoisotopic (exact) mass is 413 g/mol. The molecule has 1 saturated heterocycles. The molecule has 7 nitrogen and oxygen atoms in total. The van der Waals surface area contributed by atoms with E-state index in [1.54, 1.807) is 24.3 Å². The lowest BCUT2D eigenvalue weighted by Crippen LogP contribution is -2.36. The van der Waals surface area contributed by atoms with Crippen molar-refractivity contribution in [3.05, 3.63) is 35.9 Å². The summed E-state index contributed by atoms with van der Waals surface area (Å²) >= 11 is 0. The molecule has 29 heavy (non-hydrogen) atoms. The minimum absolute atomic E-state index is 0.0158. The second-order valence-electron chi connectivity index (χ2n) is 8.20. The first-order valence-electron chi connectivity index (χ1n) is 10.1. The number of hydrogen-bond acceptors (Lipinski definition) is 4. The van der Waals surface area contributed by atoms with Gasteiger partial charge < -0.3 is 10.2 Å². The van der Waals surface area contributed by atoms with Gasteiger partial charge in [0.05, 0.1) is 4.90 Å². The SMILES string of the molecule is O=C1Nc2ccc(S(=O)(=O)NC[C@@H]3CC(=O)N(C4CCCC4)C3)c3cccc1c23. The third kappa shape index (κ3) is 3.11. The molecule has 2 N–H and O–H groups in total. The van der Waals surface area contributed by atoms with Crippen molar-refractivity contribution >= 4 is 38.3 Å². The van der Waals surface area contributed by atoms with E-state index in [1.165, 1.54) is 6.07 Å². The van der Waals surface area contributed by atoms with Crippen LogP contribution in [0.5, 0.6) is 0 Å². The fourth-order valence-electron chi connectivity index (χ4n) is 4.92. The van der Waals surface area contributed by atoms with Gasteiger partial charge in [-0.3, -0.25) is 9.59 Å². The lowest BCUT2D eigenvalue weighted by Gasteiger charge is -2.24. The van der Waals surface area contributed by atoms with E-state index >= 15 is 0 Å². The zero-order valence-corrected chi connectivity index (χ0v) is 16.8. The Morgan fingerprint density at radius 2 is 1.90 bits per heavy atom. The molecule has 0 spiro atoms. The highest BCUT2D eigenvalue weighted by atomic mass is 32.2. The molecular weight excluding hydrogens is 390 g/mol. The molecule has 1 saturated carbocycles. The Morgan fingerprint density at radius 1 is 1.10 bits per heavy atom. The normalized spacial score (nSPS) is 22.1. The van der Waals surface area contributed by atoms with Gasteiger partial charge in [0.2, 0.25) is 15.9 Å². The molecule has 1 aliphatic carbocycles. The minimum Gasteiger partial charge on any atom is -0.339 e. The van der Waals surface area contributed by atoms with Crippen LogP contribution in [0, 0.1) is 5.92 Å². The fourth-order valence-corrected chi connectivity index (χ4v) is 6.23. The molecule has 2 aromatic carbocycles. The van der Waals surface area contributed by atoms with Crippen molar-refractivity contribution in [1.29, 1.82) is 0 Å². The Kier molecular flexibility index (Phi) is 4.36. The number of nitrogens with zero attached hydrogens (tertiary/aromatic N) is 1. The molecule has 2 heterocycles. The summed E-state index contributed by atoms with van der Waals surface area (Å²) in [6, 6.07) is 8.59. The Labute approximate surface area is 169 Å². The second kappa shape index (κ2) is 6.81. The summed E-state index contributed by atoms with van der Waals surface area (Å²) in [6.45, 7) is 0.853. The molecule has 0 bridgehead atoms. The van der Waals surface area contributed by atoms with Gasteiger partial charge in [-0.1, -0.05) is 25.0 Å². The molecule has 3 aliphatic rings. The van der Waals surface area contributed by atoms with Gasteiger partial charge >= 0.3 is 0 Å². The zero-order chi connectivity index (χ0) is 20.2. The standard InChI is InChI=1S/C21H23N3O4S/c25-19-10-13(12-24(19)14-4-1-2-5-14)11-22-29(27,28)18-9-8-17-20-15(18)6-3-7-16(20)21(26)23-17/h3,6-9,13-14,22H,1-2,4-5,10-12H2,(H,23,26)/t13-/m0/s1. The van der Waals surface area contributed by atoms with Gasteiger partial charge in [0.25, 0.3) is 5.91 Å². The van der Waals surface area contributed by atoms with Gasteiger partial charge in [0, 0.05) is 47.6 Å². The average Bonchev–Trinajstić information content (AvgIpc) is 3.41. The topological polar surface area (TPSA) is 95.6 Å². The second-order valence-corrected chi connectivity index (χ2v) is 9.94. The lowest BCUT2D eigenvalue weighted by atomic mass is 10.1. The van der Waals surface area contributed by atoms with Crippen LogP contribution in [0.15, 0.2) is 35.2 Å². The summed E-state index contributed by atoms with van der Waals surface area (Å²) in [5, 5.41) is 3.94. The van der Waals surface area contributed by atoms with Crippen LogP contribution in [0.1, 0.15) is 42.5 Å². The number of nitrogens with one attached hydrogen (secondary N) is 2. The van der Waals surface area contributed by atoms with Crippen LogP contribution in [0.2, 0.25) is 0 Å². The number of likely N-dealkylation sites (tertiary alicyclic amines) is 1. The summed E-state index contributed by atoms with van der Waals surface area (Å²) in [6.07, 6.45) is 4.82. The highest BCUT2D eigenvalue weighted by Crippen LogP contribution is 2.36. The smallest absolute Gasteiger partial charge is 0.256 e. The van der Waals surface area contributed by atoms with Crippen LogP contribution in [0.25, 0.3) is 10.8 Å². The molecular formula is C21H23N3O4S. The van der Waals surface area contributed by atoms with Crippen LogP contribution in [-0.4, -0.2) is 44.3 Å². The van der Waals surface area contributed by atoms with E-state index in [4.69, 9.17) is 0 Å². The zero-order valence-electron chi connectivity index (χ0n) is 16.0. The van der Waals surface area contributed by atoms with Crippen molar-refractivity contribution in [2.45, 2.75) is 43.0 Å². The van der Waals surface area contributed by atoms with Crippen LogP contribution in [-0.2, 0) is 14.8 Å². The highest BCUT2D eigenvalue weighted by Gasteiger charge is 2.36. The molecule has 1 atom stereocenters. The van der Waals surface area contributed by atoms with Crippen molar-refractivity contribution in [3.8, 4) is 0 Å². The Morgan fingerprint density at radius 3 is 2.69 bits per heavy atom. The summed E-state index contributed by atoms with van der Waals surface area (Å²) in [4.78, 5) is 26.5. The molecule has 0 aromatic heterocycles. The van der Waals surface area contributed by atoms with Crippen LogP contribution < -0.4 is 10.0 Å². The number of benzene rings is 2. The van der Waals surface area contributed by atoms with Crippen LogP contribution in [0.4, 0.5) is 5.69 Å². The molecule has 0 radical (unpaired) electrons. The predicted molar refractivity (Wildman–Crippen MR) is 109 cm³/mol.